The number of anilines is 1. The average Bonchev–Trinajstić information content (AvgIpc) is 2.40. The molecule has 20 heavy (non-hydrogen) atoms. The summed E-state index contributed by atoms with van der Waals surface area (Å²) in [7, 11) is 0. The Kier molecular flexibility index (Phi) is 4.23. The van der Waals surface area contributed by atoms with Crippen LogP contribution in [-0.2, 0) is 0 Å². The molecule has 2 aromatic rings. The van der Waals surface area contributed by atoms with Crippen LogP contribution >= 0.6 is 0 Å². The van der Waals surface area contributed by atoms with E-state index in [1.54, 1.807) is 0 Å². The molecule has 0 atom stereocenters. The van der Waals surface area contributed by atoms with E-state index in [1.807, 2.05) is 32.9 Å². The van der Waals surface area contributed by atoms with Gasteiger partial charge in [-0.1, -0.05) is 12.1 Å². The lowest BCUT2D eigenvalue weighted by Crippen LogP contribution is -2.06. The van der Waals surface area contributed by atoms with E-state index >= 15 is 0 Å². The van der Waals surface area contributed by atoms with Gasteiger partial charge in [0.2, 0.25) is 5.88 Å². The van der Waals surface area contributed by atoms with E-state index < -0.39 is 0 Å². The third-order valence-corrected chi connectivity index (χ3v) is 3.32. The van der Waals surface area contributed by atoms with E-state index in [1.165, 1.54) is 5.56 Å². The second kappa shape index (κ2) is 5.90. The van der Waals surface area contributed by atoms with Crippen molar-refractivity contribution in [1.82, 2.24) is 9.97 Å². The smallest absolute Gasteiger partial charge is 0.227 e. The topological polar surface area (TPSA) is 47.0 Å². The van der Waals surface area contributed by atoms with Crippen LogP contribution in [0.15, 0.2) is 18.2 Å². The molecule has 4 nitrogen and oxygen atoms in total. The van der Waals surface area contributed by atoms with Crippen LogP contribution in [0, 0.1) is 27.7 Å². The second-order valence-corrected chi connectivity index (χ2v) is 4.88. The molecule has 0 unspecified atom stereocenters. The highest BCUT2D eigenvalue weighted by atomic mass is 16.5. The maximum absolute atomic E-state index is 6.00. The van der Waals surface area contributed by atoms with Gasteiger partial charge in [0.25, 0.3) is 0 Å². The zero-order valence-corrected chi connectivity index (χ0v) is 12.7. The Morgan fingerprint density at radius 2 is 1.80 bits per heavy atom. The number of nitrogens with one attached hydrogen (secondary N) is 1. The van der Waals surface area contributed by atoms with Gasteiger partial charge in [-0.2, -0.15) is 4.98 Å². The van der Waals surface area contributed by atoms with E-state index in [4.69, 9.17) is 4.74 Å². The van der Waals surface area contributed by atoms with Crippen molar-refractivity contribution in [3.05, 3.63) is 40.7 Å². The fourth-order valence-electron chi connectivity index (χ4n) is 1.98. The van der Waals surface area contributed by atoms with Crippen molar-refractivity contribution in [3.63, 3.8) is 0 Å². The quantitative estimate of drug-likeness (QED) is 0.915. The molecule has 4 heteroatoms. The van der Waals surface area contributed by atoms with Crippen LogP contribution < -0.4 is 10.1 Å². The van der Waals surface area contributed by atoms with Crippen LogP contribution in [0.5, 0.6) is 11.6 Å². The molecule has 0 aliphatic carbocycles. The highest BCUT2D eigenvalue weighted by molar-refractivity contribution is 5.50. The van der Waals surface area contributed by atoms with Crippen molar-refractivity contribution in [2.24, 2.45) is 0 Å². The minimum absolute atomic E-state index is 0.613. The van der Waals surface area contributed by atoms with Crippen molar-refractivity contribution in [2.45, 2.75) is 34.6 Å². The molecule has 106 valence electrons. The van der Waals surface area contributed by atoms with Gasteiger partial charge < -0.3 is 10.1 Å². The molecular weight excluding hydrogens is 250 g/mol. The summed E-state index contributed by atoms with van der Waals surface area (Å²) in [4.78, 5) is 8.81. The number of aryl methyl sites for hydroxylation is 2. The summed E-state index contributed by atoms with van der Waals surface area (Å²) in [6, 6.07) is 6.03. The van der Waals surface area contributed by atoms with Gasteiger partial charge in [0.05, 0.1) is 5.56 Å². The zero-order chi connectivity index (χ0) is 14.7. The molecule has 1 N–H and O–H groups in total. The number of hydrogen-bond donors (Lipinski definition) is 1. The summed E-state index contributed by atoms with van der Waals surface area (Å²) in [5.41, 5.74) is 3.27. The van der Waals surface area contributed by atoms with Crippen LogP contribution in [0.2, 0.25) is 0 Å². The second-order valence-electron chi connectivity index (χ2n) is 4.88. The monoisotopic (exact) mass is 271 g/mol. The van der Waals surface area contributed by atoms with E-state index in [0.717, 1.165) is 29.2 Å². The van der Waals surface area contributed by atoms with E-state index in [0.29, 0.717) is 11.7 Å². The van der Waals surface area contributed by atoms with Gasteiger partial charge in [-0.25, -0.2) is 4.98 Å². The lowest BCUT2D eigenvalue weighted by atomic mass is 10.1. The largest absolute Gasteiger partial charge is 0.438 e. The molecule has 0 aliphatic rings. The highest BCUT2D eigenvalue weighted by Gasteiger charge is 2.12. The molecule has 0 saturated heterocycles. The third-order valence-electron chi connectivity index (χ3n) is 3.32. The van der Waals surface area contributed by atoms with Gasteiger partial charge in [-0.05, 0) is 51.8 Å². The zero-order valence-electron chi connectivity index (χ0n) is 12.7. The van der Waals surface area contributed by atoms with Gasteiger partial charge in [-0.15, -0.1) is 0 Å². The van der Waals surface area contributed by atoms with Crippen molar-refractivity contribution in [2.75, 3.05) is 11.9 Å². The maximum Gasteiger partial charge on any atom is 0.227 e. The summed E-state index contributed by atoms with van der Waals surface area (Å²) < 4.78 is 6.00. The molecule has 0 saturated carbocycles. The number of nitrogens with zero attached hydrogens (tertiary/aromatic N) is 2. The van der Waals surface area contributed by atoms with Crippen molar-refractivity contribution in [1.29, 1.82) is 0 Å². The molecule has 1 aromatic heterocycles. The van der Waals surface area contributed by atoms with E-state index in [9.17, 15) is 0 Å². The first-order valence-electron chi connectivity index (χ1n) is 6.86. The Morgan fingerprint density at radius 3 is 2.50 bits per heavy atom. The van der Waals surface area contributed by atoms with Crippen molar-refractivity contribution < 1.29 is 4.74 Å². The van der Waals surface area contributed by atoms with E-state index in [-0.39, 0.29) is 0 Å². The molecule has 0 amide bonds. The number of hydrogen-bond acceptors (Lipinski definition) is 4. The molecule has 2 rings (SSSR count). The molecule has 0 spiro atoms. The lowest BCUT2D eigenvalue weighted by Gasteiger charge is -2.14. The molecule has 1 heterocycles. The molecular formula is C16H21N3O. The summed E-state index contributed by atoms with van der Waals surface area (Å²) in [5.74, 6) is 2.99. The summed E-state index contributed by atoms with van der Waals surface area (Å²) >= 11 is 0. The third kappa shape index (κ3) is 2.90. The number of ether oxygens (including phenoxy) is 1. The van der Waals surface area contributed by atoms with Gasteiger partial charge >= 0.3 is 0 Å². The first kappa shape index (κ1) is 14.3. The minimum atomic E-state index is 0.613. The highest BCUT2D eigenvalue weighted by Crippen LogP contribution is 2.30. The fourth-order valence-corrected chi connectivity index (χ4v) is 1.98. The van der Waals surface area contributed by atoms with Gasteiger partial charge in [-0.3, -0.25) is 0 Å². The molecule has 0 bridgehead atoms. The first-order chi connectivity index (χ1) is 9.52. The van der Waals surface area contributed by atoms with Gasteiger partial charge in [0.1, 0.15) is 17.4 Å². The fraction of sp³-hybridized carbons (Fsp3) is 0.375. The van der Waals surface area contributed by atoms with E-state index in [2.05, 4.69) is 35.2 Å². The van der Waals surface area contributed by atoms with Gasteiger partial charge in [0, 0.05) is 6.54 Å². The number of benzene rings is 1. The molecule has 1 aromatic carbocycles. The Bertz CT molecular complexity index is 623. The van der Waals surface area contributed by atoms with Crippen LogP contribution in [0.25, 0.3) is 0 Å². The normalized spacial score (nSPS) is 10.4. The lowest BCUT2D eigenvalue weighted by molar-refractivity contribution is 0.452. The minimum Gasteiger partial charge on any atom is -0.438 e. The Balaban J connectivity index is 2.40. The Morgan fingerprint density at radius 1 is 1.05 bits per heavy atom. The Hall–Kier alpha value is -2.10. The average molecular weight is 271 g/mol. The van der Waals surface area contributed by atoms with Crippen LogP contribution in [0.3, 0.4) is 0 Å². The summed E-state index contributed by atoms with van der Waals surface area (Å²) in [5, 5.41) is 3.24. The number of aromatic nitrogens is 2. The van der Waals surface area contributed by atoms with Crippen LogP contribution in [0.1, 0.15) is 29.4 Å². The predicted molar refractivity (Wildman–Crippen MR) is 81.7 cm³/mol. The molecule has 0 aliphatic heterocycles. The SMILES string of the molecule is CCNc1nc(C)nc(Oc2cccc(C)c2C)c1C. The van der Waals surface area contributed by atoms with Crippen LogP contribution in [0.4, 0.5) is 5.82 Å². The molecule has 0 fully saturated rings. The van der Waals surface area contributed by atoms with Gasteiger partial charge in [0.15, 0.2) is 0 Å². The van der Waals surface area contributed by atoms with Crippen LogP contribution in [-0.4, -0.2) is 16.5 Å². The predicted octanol–water partition coefficient (Wildman–Crippen LogP) is 3.93. The standard InChI is InChI=1S/C16H21N3O/c1-6-17-15-12(4)16(19-13(5)18-15)20-14-9-7-8-10(2)11(14)3/h7-9H,6H2,1-5H3,(H,17,18,19). The summed E-state index contributed by atoms with van der Waals surface area (Å²) in [6.45, 7) is 10.8. The first-order valence-corrected chi connectivity index (χ1v) is 6.86. The maximum atomic E-state index is 6.00. The summed E-state index contributed by atoms with van der Waals surface area (Å²) in [6.07, 6.45) is 0. The van der Waals surface area contributed by atoms with Crippen molar-refractivity contribution in [3.8, 4) is 11.6 Å². The number of rotatable bonds is 4. The molecule has 0 radical (unpaired) electrons. The Labute approximate surface area is 120 Å². The van der Waals surface area contributed by atoms with Crippen molar-refractivity contribution >= 4 is 5.82 Å².